The van der Waals surface area contributed by atoms with E-state index in [-0.39, 0.29) is 18.1 Å². The SMILES string of the molecule is C[C@@H](NC(=O)N[C@H](c1ccccc1)c1nccn1C)c1cnn(C)c1. The number of imidazole rings is 1. The summed E-state index contributed by atoms with van der Waals surface area (Å²) in [6, 6.07) is 9.06. The Labute approximate surface area is 146 Å². The number of aryl methyl sites for hydroxylation is 2. The molecule has 3 aromatic rings. The molecule has 25 heavy (non-hydrogen) atoms. The molecule has 0 fully saturated rings. The second kappa shape index (κ2) is 7.21. The van der Waals surface area contributed by atoms with Crippen molar-refractivity contribution in [3.8, 4) is 0 Å². The molecule has 0 aliphatic rings. The number of benzene rings is 1. The van der Waals surface area contributed by atoms with E-state index in [1.807, 2.05) is 68.3 Å². The Kier molecular flexibility index (Phi) is 4.83. The molecule has 130 valence electrons. The van der Waals surface area contributed by atoms with Gasteiger partial charge in [0.05, 0.1) is 12.2 Å². The maximum absolute atomic E-state index is 12.5. The molecule has 0 spiro atoms. The molecule has 7 heteroatoms. The number of hydrogen-bond donors (Lipinski definition) is 2. The van der Waals surface area contributed by atoms with Gasteiger partial charge in [-0.15, -0.1) is 0 Å². The zero-order chi connectivity index (χ0) is 17.8. The first kappa shape index (κ1) is 16.8. The van der Waals surface area contributed by atoms with E-state index in [0.29, 0.717) is 0 Å². The quantitative estimate of drug-likeness (QED) is 0.749. The number of aromatic nitrogens is 4. The lowest BCUT2D eigenvalue weighted by Gasteiger charge is -2.21. The number of carbonyl (C=O) groups excluding carboxylic acids is 1. The Morgan fingerprint density at radius 3 is 2.48 bits per heavy atom. The van der Waals surface area contributed by atoms with Crippen LogP contribution in [0.5, 0.6) is 0 Å². The van der Waals surface area contributed by atoms with Gasteiger partial charge in [0.2, 0.25) is 0 Å². The van der Waals surface area contributed by atoms with Crippen LogP contribution in [0.2, 0.25) is 0 Å². The molecular formula is C18H22N6O. The molecule has 2 aromatic heterocycles. The summed E-state index contributed by atoms with van der Waals surface area (Å²) < 4.78 is 3.62. The molecule has 0 bridgehead atoms. The Balaban J connectivity index is 1.76. The molecule has 3 rings (SSSR count). The fourth-order valence-corrected chi connectivity index (χ4v) is 2.71. The molecule has 0 saturated carbocycles. The zero-order valence-electron chi connectivity index (χ0n) is 14.5. The molecule has 0 unspecified atom stereocenters. The van der Waals surface area contributed by atoms with Crippen molar-refractivity contribution in [3.05, 3.63) is 72.1 Å². The highest BCUT2D eigenvalue weighted by molar-refractivity contribution is 5.75. The Morgan fingerprint density at radius 2 is 1.88 bits per heavy atom. The van der Waals surface area contributed by atoms with Crippen LogP contribution in [0.1, 0.15) is 36.0 Å². The van der Waals surface area contributed by atoms with E-state index in [1.54, 1.807) is 17.1 Å². The predicted octanol–water partition coefficient (Wildman–Crippen LogP) is 2.30. The Bertz CT molecular complexity index is 838. The lowest BCUT2D eigenvalue weighted by molar-refractivity contribution is 0.235. The number of nitrogens with zero attached hydrogens (tertiary/aromatic N) is 4. The van der Waals surface area contributed by atoms with Gasteiger partial charge in [0, 0.05) is 38.2 Å². The standard InChI is InChI=1S/C18H22N6O/c1-13(15-11-20-24(3)12-15)21-18(25)22-16(14-7-5-4-6-8-14)17-19-9-10-23(17)2/h4-13,16H,1-3H3,(H2,21,22,25)/t13-,16-/m1/s1. The maximum atomic E-state index is 12.5. The smallest absolute Gasteiger partial charge is 0.316 e. The number of urea groups is 1. The van der Waals surface area contributed by atoms with Crippen LogP contribution in [-0.4, -0.2) is 25.4 Å². The first-order chi connectivity index (χ1) is 12.0. The molecule has 7 nitrogen and oxygen atoms in total. The van der Waals surface area contributed by atoms with Crippen LogP contribution in [0.15, 0.2) is 55.1 Å². The first-order valence-electron chi connectivity index (χ1n) is 8.12. The van der Waals surface area contributed by atoms with Gasteiger partial charge in [0.1, 0.15) is 11.9 Å². The van der Waals surface area contributed by atoms with Crippen LogP contribution in [0.4, 0.5) is 4.79 Å². The molecule has 1 aromatic carbocycles. The van der Waals surface area contributed by atoms with Crippen LogP contribution in [0.25, 0.3) is 0 Å². The largest absolute Gasteiger partial charge is 0.336 e. The fourth-order valence-electron chi connectivity index (χ4n) is 2.71. The summed E-state index contributed by atoms with van der Waals surface area (Å²) >= 11 is 0. The van der Waals surface area contributed by atoms with Crippen molar-refractivity contribution in [2.45, 2.75) is 19.0 Å². The molecular weight excluding hydrogens is 316 g/mol. The lowest BCUT2D eigenvalue weighted by atomic mass is 10.1. The van der Waals surface area contributed by atoms with Crippen molar-refractivity contribution in [2.75, 3.05) is 0 Å². The van der Waals surface area contributed by atoms with Crippen LogP contribution in [-0.2, 0) is 14.1 Å². The highest BCUT2D eigenvalue weighted by atomic mass is 16.2. The molecule has 0 radical (unpaired) electrons. The third-order valence-corrected chi connectivity index (χ3v) is 4.10. The van der Waals surface area contributed by atoms with Crippen molar-refractivity contribution in [2.24, 2.45) is 14.1 Å². The van der Waals surface area contributed by atoms with E-state index < -0.39 is 0 Å². The highest BCUT2D eigenvalue weighted by Gasteiger charge is 2.21. The molecule has 0 aliphatic carbocycles. The van der Waals surface area contributed by atoms with E-state index in [1.165, 1.54) is 0 Å². The summed E-state index contributed by atoms with van der Waals surface area (Å²) in [5, 5.41) is 10.1. The Morgan fingerprint density at radius 1 is 1.12 bits per heavy atom. The van der Waals surface area contributed by atoms with Crippen LogP contribution < -0.4 is 10.6 Å². The molecule has 0 saturated heterocycles. The average Bonchev–Trinajstić information content (AvgIpc) is 3.22. The van der Waals surface area contributed by atoms with Gasteiger partial charge in [-0.3, -0.25) is 4.68 Å². The first-order valence-corrected chi connectivity index (χ1v) is 8.12. The molecule has 2 amide bonds. The maximum Gasteiger partial charge on any atom is 0.316 e. The number of nitrogens with one attached hydrogen (secondary N) is 2. The van der Waals surface area contributed by atoms with Crippen molar-refractivity contribution in [1.82, 2.24) is 30.0 Å². The predicted molar refractivity (Wildman–Crippen MR) is 94.8 cm³/mol. The summed E-state index contributed by atoms with van der Waals surface area (Å²) in [6.07, 6.45) is 7.23. The third-order valence-electron chi connectivity index (χ3n) is 4.10. The van der Waals surface area contributed by atoms with E-state index in [4.69, 9.17) is 0 Å². The van der Waals surface area contributed by atoms with Crippen molar-refractivity contribution in [1.29, 1.82) is 0 Å². The second-order valence-corrected chi connectivity index (χ2v) is 6.03. The molecule has 2 heterocycles. The topological polar surface area (TPSA) is 76.8 Å². The van der Waals surface area contributed by atoms with Crippen LogP contribution >= 0.6 is 0 Å². The normalized spacial score (nSPS) is 13.2. The fraction of sp³-hybridized carbons (Fsp3) is 0.278. The number of carbonyl (C=O) groups is 1. The van der Waals surface area contributed by atoms with Crippen LogP contribution in [0.3, 0.4) is 0 Å². The van der Waals surface area contributed by atoms with Gasteiger partial charge < -0.3 is 15.2 Å². The number of rotatable bonds is 5. The van der Waals surface area contributed by atoms with Gasteiger partial charge in [0.15, 0.2) is 0 Å². The van der Waals surface area contributed by atoms with Gasteiger partial charge in [-0.2, -0.15) is 5.10 Å². The summed E-state index contributed by atoms with van der Waals surface area (Å²) in [7, 11) is 3.76. The summed E-state index contributed by atoms with van der Waals surface area (Å²) in [6.45, 7) is 1.93. The Hall–Kier alpha value is -3.09. The van der Waals surface area contributed by atoms with E-state index in [2.05, 4.69) is 20.7 Å². The average molecular weight is 338 g/mol. The zero-order valence-corrected chi connectivity index (χ0v) is 14.5. The van der Waals surface area contributed by atoms with Gasteiger partial charge in [-0.1, -0.05) is 30.3 Å². The monoisotopic (exact) mass is 338 g/mol. The van der Waals surface area contributed by atoms with Gasteiger partial charge in [-0.25, -0.2) is 9.78 Å². The van der Waals surface area contributed by atoms with Crippen molar-refractivity contribution < 1.29 is 4.79 Å². The minimum atomic E-state index is -0.331. The molecule has 2 N–H and O–H groups in total. The molecule has 2 atom stereocenters. The summed E-state index contributed by atoms with van der Waals surface area (Å²) in [5.41, 5.74) is 1.92. The molecule has 0 aliphatic heterocycles. The lowest BCUT2D eigenvalue weighted by Crippen LogP contribution is -2.40. The van der Waals surface area contributed by atoms with E-state index in [0.717, 1.165) is 17.0 Å². The van der Waals surface area contributed by atoms with E-state index >= 15 is 0 Å². The van der Waals surface area contributed by atoms with Gasteiger partial charge in [0.25, 0.3) is 0 Å². The minimum absolute atomic E-state index is 0.147. The van der Waals surface area contributed by atoms with Crippen molar-refractivity contribution >= 4 is 6.03 Å². The van der Waals surface area contributed by atoms with E-state index in [9.17, 15) is 4.79 Å². The van der Waals surface area contributed by atoms with Crippen LogP contribution in [0, 0.1) is 0 Å². The summed E-state index contributed by atoms with van der Waals surface area (Å²) in [5.74, 6) is 0.774. The minimum Gasteiger partial charge on any atom is -0.336 e. The third kappa shape index (κ3) is 3.88. The summed E-state index contributed by atoms with van der Waals surface area (Å²) in [4.78, 5) is 16.9. The van der Waals surface area contributed by atoms with Gasteiger partial charge >= 0.3 is 6.03 Å². The van der Waals surface area contributed by atoms with Crippen molar-refractivity contribution in [3.63, 3.8) is 0 Å². The van der Waals surface area contributed by atoms with Gasteiger partial charge in [-0.05, 0) is 12.5 Å². The number of amides is 2. The second-order valence-electron chi connectivity index (χ2n) is 6.03. The highest BCUT2D eigenvalue weighted by Crippen LogP contribution is 2.20. The number of hydrogen-bond acceptors (Lipinski definition) is 3.